The van der Waals surface area contributed by atoms with E-state index in [0.29, 0.717) is 22.7 Å². The fraction of sp³-hybridized carbons (Fsp3) is 0.476. The minimum atomic E-state index is -0.290. The maximum atomic E-state index is 11.8. The summed E-state index contributed by atoms with van der Waals surface area (Å²) in [5, 5.41) is 10.7. The first kappa shape index (κ1) is 14.0. The summed E-state index contributed by atoms with van der Waals surface area (Å²) in [6, 6.07) is 5.02. The normalized spacial score (nSPS) is 37.4. The molecule has 2 N–H and O–H groups in total. The van der Waals surface area contributed by atoms with Gasteiger partial charge in [0.25, 0.3) is 5.56 Å². The van der Waals surface area contributed by atoms with E-state index in [1.165, 1.54) is 38.2 Å². The zero-order valence-corrected chi connectivity index (χ0v) is 14.0. The molecule has 0 amide bonds. The van der Waals surface area contributed by atoms with Gasteiger partial charge in [0.2, 0.25) is 0 Å². The fourth-order valence-electron chi connectivity index (χ4n) is 6.36. The number of aromatic amines is 1. The van der Waals surface area contributed by atoms with Gasteiger partial charge in [-0.3, -0.25) is 4.79 Å². The van der Waals surface area contributed by atoms with Crippen LogP contribution in [0.15, 0.2) is 29.1 Å². The van der Waals surface area contributed by atoms with Crippen molar-refractivity contribution in [2.24, 2.45) is 23.7 Å². The average molecular weight is 335 g/mol. The minimum Gasteiger partial charge on any atom is -0.507 e. The van der Waals surface area contributed by atoms with Gasteiger partial charge in [-0.1, -0.05) is 0 Å². The Morgan fingerprint density at radius 2 is 1.80 bits per heavy atom. The number of pyridine rings is 1. The van der Waals surface area contributed by atoms with Crippen LogP contribution < -0.4 is 10.3 Å². The van der Waals surface area contributed by atoms with Crippen LogP contribution in [0.25, 0.3) is 17.0 Å². The highest BCUT2D eigenvalue weighted by Gasteiger charge is 2.58. The summed E-state index contributed by atoms with van der Waals surface area (Å²) in [5.41, 5.74) is 1.09. The number of fused-ring (bicyclic) bond motifs is 3. The van der Waals surface area contributed by atoms with Gasteiger partial charge in [0, 0.05) is 28.9 Å². The Bertz CT molecular complexity index is 959. The van der Waals surface area contributed by atoms with E-state index in [-0.39, 0.29) is 16.9 Å². The molecule has 0 unspecified atom stereocenters. The summed E-state index contributed by atoms with van der Waals surface area (Å²) >= 11 is 0. The Hall–Kier alpha value is -2.23. The molecule has 1 aromatic heterocycles. The van der Waals surface area contributed by atoms with Crippen LogP contribution in [0.4, 0.5) is 0 Å². The average Bonchev–Trinajstić information content (AvgIpc) is 2.58. The van der Waals surface area contributed by atoms with Gasteiger partial charge in [-0.05, 0) is 68.2 Å². The van der Waals surface area contributed by atoms with E-state index in [1.54, 1.807) is 0 Å². The summed E-state index contributed by atoms with van der Waals surface area (Å²) in [7, 11) is 0. The monoisotopic (exact) mass is 335 g/mol. The lowest BCUT2D eigenvalue weighted by molar-refractivity contribution is -0.128. The number of hydrogen-bond donors (Lipinski definition) is 2. The number of rotatable bonds is 0. The van der Waals surface area contributed by atoms with Gasteiger partial charge >= 0.3 is 0 Å². The lowest BCUT2D eigenvalue weighted by Gasteiger charge is -2.60. The molecule has 2 aromatic rings. The summed E-state index contributed by atoms with van der Waals surface area (Å²) in [5.74, 6) is 3.89. The third kappa shape index (κ3) is 1.75. The largest absolute Gasteiger partial charge is 0.507 e. The van der Waals surface area contributed by atoms with Crippen LogP contribution in [0.2, 0.25) is 0 Å². The number of nitrogens with one attached hydrogen (secondary N) is 1. The Balaban J connectivity index is 1.51. The number of H-pyrrole nitrogens is 1. The molecule has 7 rings (SSSR count). The molecule has 25 heavy (non-hydrogen) atoms. The van der Waals surface area contributed by atoms with Crippen molar-refractivity contribution in [1.29, 1.82) is 0 Å². The van der Waals surface area contributed by atoms with Crippen molar-refractivity contribution in [1.82, 2.24) is 4.98 Å². The van der Waals surface area contributed by atoms with Crippen molar-refractivity contribution >= 4 is 17.0 Å². The van der Waals surface area contributed by atoms with Gasteiger partial charge in [0.05, 0.1) is 5.52 Å². The van der Waals surface area contributed by atoms with Crippen LogP contribution in [0, 0.1) is 23.7 Å². The molecule has 2 heterocycles. The van der Waals surface area contributed by atoms with Gasteiger partial charge in [0.1, 0.15) is 17.1 Å². The Morgan fingerprint density at radius 1 is 1.08 bits per heavy atom. The van der Waals surface area contributed by atoms with Crippen molar-refractivity contribution in [2.45, 2.75) is 37.7 Å². The second-order valence-electron chi connectivity index (χ2n) is 8.51. The number of aromatic hydroxyl groups is 1. The van der Waals surface area contributed by atoms with E-state index in [2.05, 4.69) is 17.1 Å². The summed E-state index contributed by atoms with van der Waals surface area (Å²) in [4.78, 5) is 14.7. The summed E-state index contributed by atoms with van der Waals surface area (Å²) in [6.07, 6.45) is 11.0. The van der Waals surface area contributed by atoms with Crippen molar-refractivity contribution in [2.75, 3.05) is 0 Å². The SMILES string of the molecule is O=c1cc(O)c2ccc3c(c2[nH]1)C=CC1(O3)C2CC3CC(C2)CC1C3. The van der Waals surface area contributed by atoms with Crippen molar-refractivity contribution in [3.8, 4) is 11.5 Å². The highest BCUT2D eigenvalue weighted by atomic mass is 16.5. The summed E-state index contributed by atoms with van der Waals surface area (Å²) in [6.45, 7) is 0. The molecule has 0 saturated heterocycles. The Morgan fingerprint density at radius 3 is 2.52 bits per heavy atom. The molecule has 128 valence electrons. The molecule has 1 aliphatic heterocycles. The second-order valence-corrected chi connectivity index (χ2v) is 8.51. The lowest BCUT2D eigenvalue weighted by atomic mass is 9.49. The smallest absolute Gasteiger partial charge is 0.252 e. The maximum Gasteiger partial charge on any atom is 0.252 e. The first-order chi connectivity index (χ1) is 12.1. The van der Waals surface area contributed by atoms with Crippen molar-refractivity contribution in [3.05, 3.63) is 40.2 Å². The number of aromatic nitrogens is 1. The van der Waals surface area contributed by atoms with Gasteiger partial charge in [-0.25, -0.2) is 0 Å². The number of ether oxygens (including phenoxy) is 1. The van der Waals surface area contributed by atoms with Crippen LogP contribution in [0.1, 0.15) is 37.7 Å². The zero-order chi connectivity index (χ0) is 16.8. The lowest BCUT2D eigenvalue weighted by Crippen LogP contribution is -2.60. The summed E-state index contributed by atoms with van der Waals surface area (Å²) < 4.78 is 6.69. The van der Waals surface area contributed by atoms with Crippen LogP contribution in [-0.4, -0.2) is 15.7 Å². The first-order valence-corrected chi connectivity index (χ1v) is 9.39. The van der Waals surface area contributed by atoms with Crippen LogP contribution in [0.3, 0.4) is 0 Å². The van der Waals surface area contributed by atoms with Crippen LogP contribution in [0.5, 0.6) is 11.5 Å². The third-order valence-electron chi connectivity index (χ3n) is 7.21. The van der Waals surface area contributed by atoms with Gasteiger partial charge in [-0.15, -0.1) is 0 Å². The molecule has 4 heteroatoms. The molecular formula is C21H21NO3. The minimum absolute atomic E-state index is 0.0184. The maximum absolute atomic E-state index is 11.8. The predicted molar refractivity (Wildman–Crippen MR) is 95.7 cm³/mol. The molecule has 0 radical (unpaired) electrons. The molecule has 4 nitrogen and oxygen atoms in total. The van der Waals surface area contributed by atoms with Gasteiger partial charge in [-0.2, -0.15) is 0 Å². The first-order valence-electron chi connectivity index (χ1n) is 9.39. The second kappa shape index (κ2) is 4.48. The van der Waals surface area contributed by atoms with E-state index in [9.17, 15) is 9.90 Å². The fourth-order valence-corrected chi connectivity index (χ4v) is 6.36. The molecule has 4 bridgehead atoms. The molecule has 0 atom stereocenters. The number of hydrogen-bond acceptors (Lipinski definition) is 3. The zero-order valence-electron chi connectivity index (χ0n) is 14.0. The van der Waals surface area contributed by atoms with E-state index >= 15 is 0 Å². The third-order valence-corrected chi connectivity index (χ3v) is 7.21. The van der Waals surface area contributed by atoms with Crippen LogP contribution >= 0.6 is 0 Å². The topological polar surface area (TPSA) is 62.3 Å². The highest BCUT2D eigenvalue weighted by molar-refractivity contribution is 5.94. The van der Waals surface area contributed by atoms with Crippen LogP contribution in [-0.2, 0) is 0 Å². The van der Waals surface area contributed by atoms with E-state index in [0.717, 1.165) is 23.1 Å². The highest BCUT2D eigenvalue weighted by Crippen LogP contribution is 2.61. The van der Waals surface area contributed by atoms with Gasteiger partial charge in [0.15, 0.2) is 0 Å². The van der Waals surface area contributed by atoms with Crippen molar-refractivity contribution < 1.29 is 9.84 Å². The quantitative estimate of drug-likeness (QED) is 0.769. The molecule has 5 aliphatic rings. The molecular weight excluding hydrogens is 314 g/mol. The number of benzene rings is 1. The molecule has 4 aliphatic carbocycles. The standard InChI is InChI=1S/C21H21NO3/c23-17-10-19(24)22-20-15(17)1-2-18-16(20)3-4-21(25-18)13-6-11-5-12(8-13)9-14(21)7-11/h1-4,10-14H,5-9H2,(H2,22,23,24). The van der Waals surface area contributed by atoms with E-state index < -0.39 is 0 Å². The molecule has 1 spiro atoms. The van der Waals surface area contributed by atoms with E-state index in [1.807, 2.05) is 12.1 Å². The van der Waals surface area contributed by atoms with Gasteiger partial charge < -0.3 is 14.8 Å². The van der Waals surface area contributed by atoms with Crippen molar-refractivity contribution in [3.63, 3.8) is 0 Å². The predicted octanol–water partition coefficient (Wildman–Crippen LogP) is 3.83. The Labute approximate surface area is 145 Å². The van der Waals surface area contributed by atoms with E-state index in [4.69, 9.17) is 4.74 Å². The Kier molecular flexibility index (Phi) is 2.51. The molecule has 4 saturated carbocycles. The molecule has 4 fully saturated rings. The molecule has 1 aromatic carbocycles.